The van der Waals surface area contributed by atoms with E-state index in [1.54, 1.807) is 90.3 Å². The first-order chi connectivity index (χ1) is 66.0. The summed E-state index contributed by atoms with van der Waals surface area (Å²) in [4.78, 5) is 69.9. The van der Waals surface area contributed by atoms with Gasteiger partial charge in [0.15, 0.2) is 58.5 Å². The van der Waals surface area contributed by atoms with Gasteiger partial charge in [0, 0.05) is 160 Å². The number of ketones is 4. The van der Waals surface area contributed by atoms with E-state index in [2.05, 4.69) is 58.8 Å². The van der Waals surface area contributed by atoms with Gasteiger partial charge in [-0.2, -0.15) is 25.5 Å². The Morgan fingerprint density at radius 3 is 1.51 bits per heavy atom. The molecule has 7 fully saturated rings. The number of pyridine rings is 3. The highest BCUT2D eigenvalue weighted by atomic mass is 32.2. The van der Waals surface area contributed by atoms with E-state index in [4.69, 9.17) is 34.2 Å². The number of carbonyl (C=O) groups excluding carboxylic acids is 4. The van der Waals surface area contributed by atoms with Crippen molar-refractivity contribution in [1.82, 2.24) is 83.9 Å². The van der Waals surface area contributed by atoms with E-state index < -0.39 is 91.7 Å². The zero-order valence-corrected chi connectivity index (χ0v) is 83.3. The van der Waals surface area contributed by atoms with Crippen LogP contribution in [0.3, 0.4) is 0 Å². The molecular formula is C98H114F5N17O16S4. The van der Waals surface area contributed by atoms with Crippen molar-refractivity contribution in [3.63, 3.8) is 0 Å². The van der Waals surface area contributed by atoms with Crippen LogP contribution in [0.2, 0.25) is 0 Å². The summed E-state index contributed by atoms with van der Waals surface area (Å²) in [5, 5.41) is 32.3. The smallest absolute Gasteiger partial charge is 0.237 e. The molecule has 19 rings (SSSR count). The number of halogens is 5. The fourth-order valence-electron chi connectivity index (χ4n) is 19.7. The molecule has 7 aliphatic rings. The van der Waals surface area contributed by atoms with Gasteiger partial charge in [-0.25, -0.2) is 60.6 Å². The lowest BCUT2D eigenvalue weighted by Crippen LogP contribution is -2.47. The molecule has 0 N–H and O–H groups in total. The van der Waals surface area contributed by atoms with Crippen LogP contribution < -0.4 is 14.2 Å². The summed E-state index contributed by atoms with van der Waals surface area (Å²) >= 11 is 0. The van der Waals surface area contributed by atoms with Crippen LogP contribution in [-0.4, -0.2) is 252 Å². The van der Waals surface area contributed by atoms with Gasteiger partial charge in [0.05, 0.1) is 104 Å². The SMILES string of the molecule is C=C(C)N1CC(n2nc(-c3cccc(OC(C)F)c3)c3ncc(C(=O)CC4(C)CS(=O)(=O)C4)cc32)C1.CC(F)Oc1cc(-c2nn(C(C)C)c3cc(C(=O)CC4(C)CCS(=O)(=O)CC4)nnc23)c(F)cn1.CC(F)Oc1cccc(-c2nn(C3CCN(C)CC3)c3cc(C(=O)CC4(C)CS(=O)(=O)C4)cnc23)c1.Cn1nccc1-c1nn(C2CCOCC2)c2cc(C(=O)C[C@@]3(C)CCS(=O)(=O)C3)c(F)cc12. The van der Waals surface area contributed by atoms with Crippen molar-refractivity contribution in [3.05, 3.63) is 162 Å². The third kappa shape index (κ3) is 22.7. The van der Waals surface area contributed by atoms with Crippen LogP contribution >= 0.6 is 0 Å². The van der Waals surface area contributed by atoms with Gasteiger partial charge in [0.2, 0.25) is 25.0 Å². The Morgan fingerprint density at radius 1 is 0.500 bits per heavy atom. The predicted octanol–water partition coefficient (Wildman–Crippen LogP) is 15.7. The third-order valence-corrected chi connectivity index (χ3v) is 35.0. The summed E-state index contributed by atoms with van der Waals surface area (Å²) in [6, 6.07) is 25.6. The maximum atomic E-state index is 15.3. The minimum absolute atomic E-state index is 0.00531. The first kappa shape index (κ1) is 101. The Kier molecular flexibility index (Phi) is 28.7. The molecule has 746 valence electrons. The van der Waals surface area contributed by atoms with Crippen molar-refractivity contribution in [2.75, 3.05) is 92.5 Å². The number of rotatable bonds is 27. The number of likely N-dealkylation sites (tertiary alicyclic amines) is 2. The molecule has 33 nitrogen and oxygen atoms in total. The van der Waals surface area contributed by atoms with Crippen LogP contribution in [0.25, 0.3) is 89.2 Å². The van der Waals surface area contributed by atoms with E-state index in [0.29, 0.717) is 99.6 Å². The number of sulfone groups is 4. The molecule has 4 atom stereocenters. The van der Waals surface area contributed by atoms with E-state index in [-0.39, 0.29) is 153 Å². The van der Waals surface area contributed by atoms with Crippen molar-refractivity contribution in [1.29, 1.82) is 0 Å². The number of aromatic nitrogens is 15. The second-order valence-corrected chi connectivity index (χ2v) is 48.6. The lowest BCUT2D eigenvalue weighted by molar-refractivity contribution is 0.0675. The molecule has 7 saturated heterocycles. The molecule has 42 heteroatoms. The first-order valence-corrected chi connectivity index (χ1v) is 53.9. The van der Waals surface area contributed by atoms with Crippen LogP contribution in [0.15, 0.2) is 128 Å². The molecule has 16 heterocycles. The second-order valence-electron chi connectivity index (χ2n) is 40.0. The molecule has 3 aromatic carbocycles. The summed E-state index contributed by atoms with van der Waals surface area (Å²) < 4.78 is 194. The molecule has 140 heavy (non-hydrogen) atoms. The molecule has 9 aromatic heterocycles. The monoisotopic (exact) mass is 2010 g/mol. The number of carbonyl (C=O) groups is 4. The largest absolute Gasteiger partial charge is 0.461 e. The van der Waals surface area contributed by atoms with E-state index in [9.17, 15) is 70.4 Å². The topological polar surface area (TPSA) is 402 Å². The van der Waals surface area contributed by atoms with Gasteiger partial charge in [-0.3, -0.25) is 52.6 Å². The molecule has 12 aromatic rings. The third-order valence-electron chi connectivity index (χ3n) is 26.9. The summed E-state index contributed by atoms with van der Waals surface area (Å²) in [5.41, 5.74) is 8.33. The van der Waals surface area contributed by atoms with E-state index >= 15 is 4.39 Å². The Morgan fingerprint density at radius 2 is 1.00 bits per heavy atom. The number of nitrogens with zero attached hydrogens (tertiary/aromatic N) is 17. The Hall–Kier alpha value is -11.7. The zero-order chi connectivity index (χ0) is 100. The van der Waals surface area contributed by atoms with Gasteiger partial charge in [0.1, 0.15) is 72.2 Å². The average molecular weight is 2010 g/mol. The van der Waals surface area contributed by atoms with Gasteiger partial charge in [-0.1, -0.05) is 58.5 Å². The van der Waals surface area contributed by atoms with Gasteiger partial charge >= 0.3 is 0 Å². The quantitative estimate of drug-likeness (QED) is 0.0341. The number of allylic oxidation sites excluding steroid dienone is 1. The average Bonchev–Trinajstić information content (AvgIpc) is 1.60. The molecular weight excluding hydrogens is 1890 g/mol. The van der Waals surface area contributed by atoms with E-state index in [1.807, 2.05) is 79.9 Å². The number of hydrogen-bond acceptors (Lipinski definition) is 28. The fourth-order valence-corrected chi connectivity index (χ4v) is 28.3. The molecule has 7 aliphatic heterocycles. The first-order valence-electron chi connectivity index (χ1n) is 46.6. The zero-order valence-electron chi connectivity index (χ0n) is 80.1. The number of alkyl halides is 3. The molecule has 0 spiro atoms. The maximum Gasteiger partial charge on any atom is 0.237 e. The fraction of sp³-hybridized carbons (Fsp3) is 0.490. The molecule has 0 amide bonds. The molecule has 0 aliphatic carbocycles. The minimum atomic E-state index is -3.15. The van der Waals surface area contributed by atoms with Gasteiger partial charge in [0.25, 0.3) is 0 Å². The summed E-state index contributed by atoms with van der Waals surface area (Å²) in [7, 11) is -8.38. The van der Waals surface area contributed by atoms with E-state index in [0.717, 1.165) is 91.6 Å². The number of aryl methyl sites for hydroxylation is 1. The van der Waals surface area contributed by atoms with Crippen molar-refractivity contribution in [2.24, 2.45) is 28.7 Å². The Bertz CT molecular complexity index is 7290. The van der Waals surface area contributed by atoms with Crippen LogP contribution in [0, 0.1) is 33.3 Å². The molecule has 0 radical (unpaired) electrons. The number of fused-ring (bicyclic) bond motifs is 4. The molecule has 3 unspecified atom stereocenters. The van der Waals surface area contributed by atoms with Crippen LogP contribution in [0.1, 0.15) is 206 Å². The highest BCUT2D eigenvalue weighted by molar-refractivity contribution is 7.93. The number of hydrogen-bond donors (Lipinski definition) is 0. The minimum Gasteiger partial charge on any atom is -0.461 e. The van der Waals surface area contributed by atoms with Crippen molar-refractivity contribution in [2.45, 2.75) is 183 Å². The van der Waals surface area contributed by atoms with Crippen molar-refractivity contribution >= 4 is 106 Å². The lowest BCUT2D eigenvalue weighted by Gasteiger charge is -2.41. The van der Waals surface area contributed by atoms with Crippen LogP contribution in [-0.2, 0) is 51.1 Å². The summed E-state index contributed by atoms with van der Waals surface area (Å²) in [6.45, 7) is 25.5. The van der Waals surface area contributed by atoms with Gasteiger partial charge in [-0.05, 0) is 157 Å². The Labute approximate surface area is 808 Å². The predicted molar refractivity (Wildman–Crippen MR) is 517 cm³/mol. The maximum absolute atomic E-state index is 15.3. The van der Waals surface area contributed by atoms with Crippen LogP contribution in [0.4, 0.5) is 22.0 Å². The molecule has 0 saturated carbocycles. The van der Waals surface area contributed by atoms with Crippen molar-refractivity contribution < 1.29 is 93.7 Å². The highest BCUT2D eigenvalue weighted by Gasteiger charge is 2.48. The normalized spacial score (nSPS) is 20.3. The number of benzene rings is 3. The van der Waals surface area contributed by atoms with Gasteiger partial charge in [-0.15, -0.1) is 10.2 Å². The number of piperidine rings is 1. The lowest BCUT2D eigenvalue weighted by atomic mass is 9.79. The van der Waals surface area contributed by atoms with E-state index in [1.165, 1.54) is 39.1 Å². The number of ether oxygens (including phenoxy) is 4. The van der Waals surface area contributed by atoms with Crippen LogP contribution in [0.5, 0.6) is 17.4 Å². The van der Waals surface area contributed by atoms with Gasteiger partial charge < -0.3 is 28.7 Å². The standard InChI is InChI=1S/C26H29FN4O4S.C26H31FN4O4S.C23H27F2N5O4S.C23H27FN4O4S/c1-16(2)30-12-20(13-30)31-22-9-19(23(32)10-26(4)14-36(33,34)15-26)11-28-25(22)24(29-31)18-6-5-7-21(8-18)35-17(3)27;1-17(27)35-21-6-4-5-18(11-21)24-25-22(31(29-24)20-7-9-30(3)10-8-20)12-19(14-28-25)23(32)13-26(2)15-36(33,34)16-26;1-13(2)30-18-10-17(19(31)11-23(4)5-7-35(32,33)8-6-23)27-28-22(18)21(29-30)15-9-20(34-14(3)24)26-12-16(15)25;1-23(6-10-33(30,31)14-23)13-21(29)16-12-20-17(11-18(16)24)22(19-3-7-25-27(19)2)26-28(20)15-4-8-32-9-5-15/h5-9,11,17,20H,1,10,12-15H2,2-4H3;4-6,11-12,14,17,20H,7-10,13,15-16H2,1-3H3;9-10,12-14H,5-8,11H2,1-4H3;3,7,11-12,15H,4-6,8-10,13-14H2,1-2H3/t;;;23-/m...1/s1. The highest BCUT2D eigenvalue weighted by Crippen LogP contribution is 2.45. The number of Topliss-reactive ketones (excluding diaryl/α,β-unsaturated/α-hetero) is 4. The van der Waals surface area contributed by atoms with Crippen molar-refractivity contribution in [3.8, 4) is 62.5 Å². The Balaban J connectivity index is 0.000000135. The summed E-state index contributed by atoms with van der Waals surface area (Å²) in [6.07, 6.45) is 6.22. The molecule has 0 bridgehead atoms. The second kappa shape index (κ2) is 39.6. The summed E-state index contributed by atoms with van der Waals surface area (Å²) in [5.74, 6) is -1.23.